The molecule has 9 N–H and O–H groups in total. The highest BCUT2D eigenvalue weighted by Gasteiger charge is 2.54. The predicted molar refractivity (Wildman–Crippen MR) is 150 cm³/mol. The lowest BCUT2D eigenvalue weighted by atomic mass is 10.1. The molecule has 0 aromatic carbocycles. The first-order valence-electron chi connectivity index (χ1n) is 11.2. The van der Waals surface area contributed by atoms with E-state index in [1.807, 2.05) is 6.07 Å². The number of ether oxygens (including phenoxy) is 1. The monoisotopic (exact) mass is 626 g/mol. The summed E-state index contributed by atoms with van der Waals surface area (Å²) in [6.07, 6.45) is 0.0505. The van der Waals surface area contributed by atoms with Crippen LogP contribution >= 0.6 is 46.8 Å². The van der Waals surface area contributed by atoms with E-state index in [1.54, 1.807) is 24.0 Å². The number of carbonyl (C=O) groups is 3. The molecule has 0 saturated carbocycles. The summed E-state index contributed by atoms with van der Waals surface area (Å²) in [6, 6.07) is 2.54. The van der Waals surface area contributed by atoms with E-state index in [0.717, 1.165) is 22.1 Å². The quantitative estimate of drug-likeness (QED) is 0.0340. The molecule has 2 amide bonds. The molecule has 2 aromatic rings. The van der Waals surface area contributed by atoms with Gasteiger partial charge in [-0.2, -0.15) is 21.1 Å². The molecule has 2 atom stereocenters. The first kappa shape index (κ1) is 29.2. The van der Waals surface area contributed by atoms with Crippen molar-refractivity contribution in [1.29, 1.82) is 5.41 Å². The lowest BCUT2D eigenvalue weighted by molar-refractivity contribution is -0.148. The Balaban J connectivity index is 1.48. The number of nitrogens with one attached hydrogen (secondary N) is 3. The molecule has 0 aliphatic carbocycles. The summed E-state index contributed by atoms with van der Waals surface area (Å²) in [5, 5.41) is 33.4. The number of carboxylic acid groups (broad SMARTS) is 1. The smallest absolute Gasteiger partial charge is 0.449 e. The molecule has 1 fully saturated rings. The Morgan fingerprint density at radius 1 is 1.40 bits per heavy atom. The van der Waals surface area contributed by atoms with Crippen LogP contribution in [0.3, 0.4) is 0 Å². The number of β-lactam (4-membered cyclic amide) rings is 1. The van der Waals surface area contributed by atoms with Crippen LogP contribution in [0.25, 0.3) is 0 Å². The first-order valence-corrected chi connectivity index (χ1v) is 15.0. The number of carbonyl (C=O) groups excluding carboxylic acids is 2. The Morgan fingerprint density at radius 2 is 2.20 bits per heavy atom. The molecule has 4 heterocycles. The third-order valence-corrected chi connectivity index (χ3v) is 9.34. The van der Waals surface area contributed by atoms with Crippen molar-refractivity contribution in [2.75, 3.05) is 23.8 Å². The van der Waals surface area contributed by atoms with E-state index in [2.05, 4.69) is 30.1 Å². The molecular weight excluding hydrogens is 605 g/mol. The van der Waals surface area contributed by atoms with Gasteiger partial charge in [0.05, 0.1) is 10.6 Å². The van der Waals surface area contributed by atoms with E-state index in [0.29, 0.717) is 23.0 Å². The molecule has 1 saturated heterocycles. The zero-order chi connectivity index (χ0) is 28.8. The van der Waals surface area contributed by atoms with Crippen molar-refractivity contribution in [2.24, 2.45) is 10.9 Å². The molecule has 0 spiro atoms. The van der Waals surface area contributed by atoms with Gasteiger partial charge in [-0.25, -0.2) is 4.79 Å². The van der Waals surface area contributed by atoms with Crippen molar-refractivity contribution in [3.05, 3.63) is 40.6 Å². The Bertz CT molecular complexity index is 1380. The van der Waals surface area contributed by atoms with Crippen LogP contribution in [0.15, 0.2) is 39.2 Å². The maximum atomic E-state index is 13.1. The number of amides is 2. The zero-order valence-corrected chi connectivity index (χ0v) is 23.5. The van der Waals surface area contributed by atoms with Crippen LogP contribution in [0.1, 0.15) is 11.5 Å². The van der Waals surface area contributed by atoms with E-state index in [9.17, 15) is 24.7 Å². The molecule has 2 aromatic heterocycles. The number of hydrogen-bond donors (Lipinski definition) is 7. The summed E-state index contributed by atoms with van der Waals surface area (Å²) in [6.45, 7) is 0.518. The van der Waals surface area contributed by atoms with Crippen molar-refractivity contribution < 1.29 is 29.4 Å². The summed E-state index contributed by atoms with van der Waals surface area (Å²) < 4.78 is 8.87. The summed E-state index contributed by atoms with van der Waals surface area (Å²) in [4.78, 5) is 47.9. The van der Waals surface area contributed by atoms with Gasteiger partial charge in [0.15, 0.2) is 11.1 Å². The number of rotatable bonds is 11. The molecule has 2 aliphatic heterocycles. The third-order valence-electron chi connectivity index (χ3n) is 5.21. The summed E-state index contributed by atoms with van der Waals surface area (Å²) in [5.41, 5.74) is 11.0. The molecule has 212 valence electrons. The number of oxime groups is 1. The van der Waals surface area contributed by atoms with Crippen molar-refractivity contribution >= 4 is 81.6 Å². The van der Waals surface area contributed by atoms with Crippen LogP contribution in [-0.2, 0) is 20.1 Å². The van der Waals surface area contributed by atoms with Gasteiger partial charge in [0.2, 0.25) is 17.4 Å². The Morgan fingerprint density at radius 3 is 2.88 bits per heavy atom. The standard InChI is InChI=1S/C20H22N10O6S4/c21-18(22)25-4-5-37-6-8-9(2-1-3-24-8)39-10-7-38-17-12(15(32)30(17)16(10)36-20(33)34)26-14(31)11(28-35)13-27-19(23)40-29-13/h1-3,12,17,35H,4-7H2,(H,26,31)(H,33,34)(H4,21,22,25)(H2,23,27,29)/b28-11-/t12-,17+/m1/s1. The van der Waals surface area contributed by atoms with Crippen LogP contribution in [0.4, 0.5) is 9.93 Å². The topological polar surface area (TPSA) is 255 Å². The molecule has 2 aliphatic rings. The molecule has 0 radical (unpaired) electrons. The SMILES string of the molecule is N=C(N)NCCSCc1ncccc1SC1=C(OC(=O)O)N2C(=O)[C@@H](NC(=O)/C(=N\O)c3nsc(N)n3)[C@@H]2SC1. The number of anilines is 1. The third kappa shape index (κ3) is 6.69. The average molecular weight is 627 g/mol. The molecule has 0 unspecified atom stereocenters. The molecule has 0 bridgehead atoms. The van der Waals surface area contributed by atoms with E-state index >= 15 is 0 Å². The number of guanidine groups is 1. The Kier molecular flexibility index (Phi) is 9.55. The van der Waals surface area contributed by atoms with E-state index in [1.165, 1.54) is 28.4 Å². The van der Waals surface area contributed by atoms with Gasteiger partial charge in [-0.3, -0.25) is 24.9 Å². The highest BCUT2D eigenvalue weighted by Crippen LogP contribution is 2.46. The van der Waals surface area contributed by atoms with E-state index < -0.39 is 35.1 Å². The Hall–Kier alpha value is -3.75. The number of pyridine rings is 1. The fraction of sp³-hybridized carbons (Fsp3) is 0.300. The van der Waals surface area contributed by atoms with Crippen molar-refractivity contribution in [2.45, 2.75) is 22.1 Å². The molecular formula is C20H22N10O6S4. The number of nitrogen functional groups attached to an aromatic ring is 1. The maximum Gasteiger partial charge on any atom is 0.512 e. The van der Waals surface area contributed by atoms with Crippen LogP contribution in [0.5, 0.6) is 0 Å². The van der Waals surface area contributed by atoms with Crippen molar-refractivity contribution in [3.63, 3.8) is 0 Å². The van der Waals surface area contributed by atoms with Gasteiger partial charge in [0.25, 0.3) is 11.8 Å². The van der Waals surface area contributed by atoms with E-state index in [4.69, 9.17) is 21.6 Å². The van der Waals surface area contributed by atoms with Gasteiger partial charge >= 0.3 is 6.16 Å². The van der Waals surface area contributed by atoms with Gasteiger partial charge in [-0.1, -0.05) is 16.9 Å². The number of aromatic nitrogens is 3. The number of nitrogens with zero attached hydrogens (tertiary/aromatic N) is 5. The van der Waals surface area contributed by atoms with Crippen LogP contribution in [0.2, 0.25) is 0 Å². The van der Waals surface area contributed by atoms with E-state index in [-0.39, 0.29) is 28.6 Å². The first-order chi connectivity index (χ1) is 19.2. The zero-order valence-electron chi connectivity index (χ0n) is 20.3. The maximum absolute atomic E-state index is 13.1. The predicted octanol–water partition coefficient (Wildman–Crippen LogP) is 0.466. The molecule has 4 rings (SSSR count). The highest BCUT2D eigenvalue weighted by molar-refractivity contribution is 8.06. The second kappa shape index (κ2) is 13.1. The number of fused-ring (bicyclic) bond motifs is 1. The van der Waals surface area contributed by atoms with Crippen molar-refractivity contribution in [3.8, 4) is 0 Å². The average Bonchev–Trinajstić information content (AvgIpc) is 3.34. The fourth-order valence-corrected chi connectivity index (χ4v) is 7.35. The summed E-state index contributed by atoms with van der Waals surface area (Å²) in [5.74, 6) is -0.451. The van der Waals surface area contributed by atoms with Gasteiger partial charge in [-0.05, 0) is 12.1 Å². The lowest BCUT2D eigenvalue weighted by Gasteiger charge is -2.48. The van der Waals surface area contributed by atoms with Gasteiger partial charge < -0.3 is 37.2 Å². The minimum Gasteiger partial charge on any atom is -0.449 e. The molecule has 40 heavy (non-hydrogen) atoms. The van der Waals surface area contributed by atoms with Crippen LogP contribution < -0.4 is 22.1 Å². The largest absolute Gasteiger partial charge is 0.512 e. The fourth-order valence-electron chi connectivity index (χ4n) is 3.52. The van der Waals surface area contributed by atoms with Crippen LogP contribution in [-0.4, -0.2) is 88.7 Å². The van der Waals surface area contributed by atoms with Gasteiger partial charge in [0.1, 0.15) is 11.4 Å². The molecule has 20 heteroatoms. The second-order valence-corrected chi connectivity index (χ2v) is 11.9. The van der Waals surface area contributed by atoms with Gasteiger partial charge in [0, 0.05) is 46.4 Å². The Labute approximate surface area is 243 Å². The van der Waals surface area contributed by atoms with Gasteiger partial charge in [-0.15, -0.1) is 11.8 Å². The normalized spacial score (nSPS) is 18.6. The summed E-state index contributed by atoms with van der Waals surface area (Å²) in [7, 11) is 0. The number of nitrogens with two attached hydrogens (primary N) is 2. The van der Waals surface area contributed by atoms with Crippen molar-refractivity contribution in [1.82, 2.24) is 29.9 Å². The number of hydrogen-bond acceptors (Lipinski definition) is 15. The molecule has 16 nitrogen and oxygen atoms in total. The second-order valence-electron chi connectivity index (χ2n) is 7.81. The van der Waals surface area contributed by atoms with Crippen LogP contribution in [0, 0.1) is 5.41 Å². The highest BCUT2D eigenvalue weighted by atomic mass is 32.2. The number of thioether (sulfide) groups is 3. The minimum atomic E-state index is -1.60. The minimum absolute atomic E-state index is 0.0590. The lowest BCUT2D eigenvalue weighted by Crippen LogP contribution is -2.70. The summed E-state index contributed by atoms with van der Waals surface area (Å²) >= 11 is 4.91.